The van der Waals surface area contributed by atoms with Gasteiger partial charge in [0.25, 0.3) is 0 Å². The predicted molar refractivity (Wildman–Crippen MR) is 86.0 cm³/mol. The van der Waals surface area contributed by atoms with Crippen molar-refractivity contribution in [1.29, 1.82) is 0 Å². The molecule has 2 aliphatic heterocycles. The monoisotopic (exact) mass is 293 g/mol. The van der Waals surface area contributed by atoms with Crippen LogP contribution < -0.4 is 0 Å². The summed E-state index contributed by atoms with van der Waals surface area (Å²) in [5.41, 5.74) is 3.55. The number of hydrogen-bond donors (Lipinski definition) is 1. The molecule has 0 unspecified atom stereocenters. The fourth-order valence-electron chi connectivity index (χ4n) is 4.37. The van der Waals surface area contributed by atoms with Crippen molar-refractivity contribution in [2.45, 2.75) is 38.1 Å². The molecule has 2 atom stereocenters. The number of amides is 1. The number of rotatable bonds is 0. The fraction of sp³-hybridized carbons (Fsp3) is 0.444. The van der Waals surface area contributed by atoms with E-state index >= 15 is 0 Å². The van der Waals surface area contributed by atoms with Gasteiger partial charge in [0.2, 0.25) is 5.91 Å². The lowest BCUT2D eigenvalue weighted by Gasteiger charge is -2.40. The van der Waals surface area contributed by atoms with Gasteiger partial charge in [-0.05, 0) is 30.9 Å². The minimum Gasteiger partial charge on any atom is -0.352 e. The first kappa shape index (κ1) is 12.4. The highest BCUT2D eigenvalue weighted by atomic mass is 16.2. The number of aromatic nitrogens is 1. The molecule has 0 saturated heterocycles. The molecule has 1 aromatic carbocycles. The summed E-state index contributed by atoms with van der Waals surface area (Å²) in [6.45, 7) is 0.774. The highest BCUT2D eigenvalue weighted by Crippen LogP contribution is 2.36. The molecule has 5 rings (SSSR count). The number of para-hydroxylation sites is 1. The molecule has 0 radical (unpaired) electrons. The lowest BCUT2D eigenvalue weighted by Crippen LogP contribution is -2.52. The predicted octanol–water partition coefficient (Wildman–Crippen LogP) is 2.87. The van der Waals surface area contributed by atoms with E-state index in [-0.39, 0.29) is 12.0 Å². The summed E-state index contributed by atoms with van der Waals surface area (Å²) in [6, 6.07) is 8.59. The molecule has 4 nitrogen and oxygen atoms in total. The van der Waals surface area contributed by atoms with Gasteiger partial charge in [0.15, 0.2) is 5.84 Å². The van der Waals surface area contributed by atoms with Crippen LogP contribution in [0.5, 0.6) is 0 Å². The quantitative estimate of drug-likeness (QED) is 0.797. The van der Waals surface area contributed by atoms with Crippen LogP contribution in [0.2, 0.25) is 0 Å². The van der Waals surface area contributed by atoms with Gasteiger partial charge in [0, 0.05) is 17.4 Å². The summed E-state index contributed by atoms with van der Waals surface area (Å²) in [7, 11) is 0. The van der Waals surface area contributed by atoms with Crippen LogP contribution >= 0.6 is 0 Å². The van der Waals surface area contributed by atoms with Crippen LogP contribution in [-0.2, 0) is 11.2 Å². The van der Waals surface area contributed by atoms with E-state index in [1.54, 1.807) is 0 Å². The molecule has 1 N–H and O–H groups in total. The van der Waals surface area contributed by atoms with Crippen molar-refractivity contribution < 1.29 is 4.79 Å². The zero-order chi connectivity index (χ0) is 14.7. The van der Waals surface area contributed by atoms with Gasteiger partial charge in [-0.15, -0.1) is 0 Å². The Morgan fingerprint density at radius 3 is 3.00 bits per heavy atom. The first-order valence-electron chi connectivity index (χ1n) is 8.32. The zero-order valence-electron chi connectivity index (χ0n) is 12.5. The SMILES string of the molecule is O=C1[C@@H]2CCCC[C@H]2N=C2c3[nH]c4ccccc4c3CCN12. The number of fused-ring (bicyclic) bond motifs is 6. The Balaban J connectivity index is 1.69. The lowest BCUT2D eigenvalue weighted by molar-refractivity contribution is -0.134. The van der Waals surface area contributed by atoms with Gasteiger partial charge in [0.1, 0.15) is 0 Å². The Labute approximate surface area is 129 Å². The number of hydrogen-bond acceptors (Lipinski definition) is 2. The minimum absolute atomic E-state index is 0.128. The number of aromatic amines is 1. The van der Waals surface area contributed by atoms with Crippen molar-refractivity contribution in [2.24, 2.45) is 10.9 Å². The smallest absolute Gasteiger partial charge is 0.233 e. The second-order valence-corrected chi connectivity index (χ2v) is 6.68. The van der Waals surface area contributed by atoms with Gasteiger partial charge in [-0.3, -0.25) is 14.7 Å². The maximum absolute atomic E-state index is 12.9. The number of nitrogens with one attached hydrogen (secondary N) is 1. The number of carbonyl (C=O) groups excluding carboxylic acids is 1. The lowest BCUT2D eigenvalue weighted by atomic mass is 9.82. The Morgan fingerprint density at radius 1 is 1.18 bits per heavy atom. The maximum Gasteiger partial charge on any atom is 0.233 e. The van der Waals surface area contributed by atoms with Crippen LogP contribution in [0.4, 0.5) is 0 Å². The molecule has 112 valence electrons. The number of H-pyrrole nitrogens is 1. The molecule has 0 spiro atoms. The van der Waals surface area contributed by atoms with Crippen molar-refractivity contribution in [1.82, 2.24) is 9.88 Å². The molecule has 1 amide bonds. The molecule has 1 fully saturated rings. The van der Waals surface area contributed by atoms with E-state index in [9.17, 15) is 4.79 Å². The maximum atomic E-state index is 12.9. The molecule has 3 aliphatic rings. The second kappa shape index (κ2) is 4.45. The zero-order valence-corrected chi connectivity index (χ0v) is 12.5. The summed E-state index contributed by atoms with van der Waals surface area (Å²) in [6.07, 6.45) is 5.36. The molecule has 2 aromatic rings. The van der Waals surface area contributed by atoms with E-state index < -0.39 is 0 Å². The Morgan fingerprint density at radius 2 is 2.05 bits per heavy atom. The number of aliphatic imine (C=N–C) groups is 1. The molecule has 1 aliphatic carbocycles. The molecular weight excluding hydrogens is 274 g/mol. The largest absolute Gasteiger partial charge is 0.352 e. The Hall–Kier alpha value is -2.10. The molecule has 4 heteroatoms. The van der Waals surface area contributed by atoms with Gasteiger partial charge in [0.05, 0.1) is 17.7 Å². The third kappa shape index (κ3) is 1.58. The van der Waals surface area contributed by atoms with Gasteiger partial charge < -0.3 is 4.98 Å². The Bertz CT molecular complexity index is 804. The van der Waals surface area contributed by atoms with Crippen LogP contribution in [0.25, 0.3) is 10.9 Å². The third-order valence-corrected chi connectivity index (χ3v) is 5.48. The molecule has 1 saturated carbocycles. The molecular formula is C18H19N3O. The van der Waals surface area contributed by atoms with Gasteiger partial charge >= 0.3 is 0 Å². The second-order valence-electron chi connectivity index (χ2n) is 6.68. The summed E-state index contributed by atoms with van der Waals surface area (Å²) >= 11 is 0. The topological polar surface area (TPSA) is 48.5 Å². The average Bonchev–Trinajstić information content (AvgIpc) is 2.94. The average molecular weight is 293 g/mol. The third-order valence-electron chi connectivity index (χ3n) is 5.48. The van der Waals surface area contributed by atoms with Crippen molar-refractivity contribution >= 4 is 22.6 Å². The highest BCUT2D eigenvalue weighted by Gasteiger charge is 2.42. The molecule has 22 heavy (non-hydrogen) atoms. The van der Waals surface area contributed by atoms with E-state index in [4.69, 9.17) is 4.99 Å². The van der Waals surface area contributed by atoms with Gasteiger partial charge in [-0.1, -0.05) is 31.0 Å². The Kier molecular flexibility index (Phi) is 2.52. The molecule has 1 aromatic heterocycles. The van der Waals surface area contributed by atoms with Crippen LogP contribution in [0.1, 0.15) is 36.9 Å². The summed E-state index contributed by atoms with van der Waals surface area (Å²) in [5.74, 6) is 1.33. The van der Waals surface area contributed by atoms with Crippen LogP contribution in [0.3, 0.4) is 0 Å². The van der Waals surface area contributed by atoms with E-state index in [2.05, 4.69) is 23.2 Å². The standard InChI is InChI=1S/C18H19N3O/c22-18-13-6-2-4-8-15(13)20-17-16-12(9-10-21(17)18)11-5-1-3-7-14(11)19-16/h1,3,5,7,13,15,19H,2,4,6,8-10H2/t13-,15-/m1/s1. The van der Waals surface area contributed by atoms with Crippen LogP contribution in [0, 0.1) is 5.92 Å². The summed E-state index contributed by atoms with van der Waals surface area (Å²) in [5, 5.41) is 1.28. The number of benzene rings is 1. The summed E-state index contributed by atoms with van der Waals surface area (Å²) < 4.78 is 0. The van der Waals surface area contributed by atoms with Crippen molar-refractivity contribution in [3.8, 4) is 0 Å². The molecule has 3 heterocycles. The number of carbonyl (C=O) groups is 1. The van der Waals surface area contributed by atoms with E-state index in [1.165, 1.54) is 23.8 Å². The summed E-state index contributed by atoms with van der Waals surface area (Å²) in [4.78, 5) is 23.3. The first-order chi connectivity index (χ1) is 10.8. The van der Waals surface area contributed by atoms with Crippen molar-refractivity contribution in [2.75, 3.05) is 6.54 Å². The minimum atomic E-state index is 0.128. The fourth-order valence-corrected chi connectivity index (χ4v) is 4.37. The van der Waals surface area contributed by atoms with Gasteiger partial charge in [-0.2, -0.15) is 0 Å². The number of amidine groups is 1. The highest BCUT2D eigenvalue weighted by molar-refractivity contribution is 6.13. The van der Waals surface area contributed by atoms with Crippen LogP contribution in [-0.4, -0.2) is 34.2 Å². The van der Waals surface area contributed by atoms with E-state index in [1.807, 2.05) is 11.0 Å². The van der Waals surface area contributed by atoms with Crippen molar-refractivity contribution in [3.05, 3.63) is 35.5 Å². The number of nitrogens with zero attached hydrogens (tertiary/aromatic N) is 2. The normalized spacial score (nSPS) is 27.2. The molecule has 0 bridgehead atoms. The van der Waals surface area contributed by atoms with E-state index in [0.29, 0.717) is 5.91 Å². The van der Waals surface area contributed by atoms with Crippen LogP contribution in [0.15, 0.2) is 29.3 Å². The van der Waals surface area contributed by atoms with Crippen molar-refractivity contribution in [3.63, 3.8) is 0 Å². The first-order valence-corrected chi connectivity index (χ1v) is 8.32. The van der Waals surface area contributed by atoms with E-state index in [0.717, 1.165) is 42.9 Å². The van der Waals surface area contributed by atoms with Gasteiger partial charge in [-0.25, -0.2) is 0 Å².